The van der Waals surface area contributed by atoms with E-state index < -0.39 is 0 Å². The summed E-state index contributed by atoms with van der Waals surface area (Å²) in [5, 5.41) is 1.33. The molecule has 1 rings (SSSR count). The first kappa shape index (κ1) is 8.25. The van der Waals surface area contributed by atoms with Crippen molar-refractivity contribution in [3.05, 3.63) is 29.3 Å². The molecule has 0 aliphatic rings. The first-order valence-electron chi connectivity index (χ1n) is 2.77. The van der Waals surface area contributed by atoms with Gasteiger partial charge < -0.3 is 0 Å². The Morgan fingerprint density at radius 3 is 2.80 bits per heavy atom. The van der Waals surface area contributed by atoms with E-state index in [2.05, 4.69) is 0 Å². The van der Waals surface area contributed by atoms with Crippen molar-refractivity contribution in [1.29, 1.82) is 0 Å². The van der Waals surface area contributed by atoms with Gasteiger partial charge in [0.05, 0.1) is 5.21 Å². The Morgan fingerprint density at radius 2 is 2.20 bits per heavy atom. The van der Waals surface area contributed by atoms with Crippen molar-refractivity contribution in [2.24, 2.45) is 0 Å². The number of hydrogen-bond donors (Lipinski definition) is 0. The van der Waals surface area contributed by atoms with E-state index in [9.17, 15) is 0 Å². The van der Waals surface area contributed by atoms with Gasteiger partial charge in [0.25, 0.3) is 0 Å². The molecule has 0 aliphatic carbocycles. The normalized spacial score (nSPS) is 9.80. The summed E-state index contributed by atoms with van der Waals surface area (Å²) in [5.41, 5.74) is 0. The number of alkyl halides is 1. The first-order valence-corrected chi connectivity index (χ1v) is 4.67. The minimum absolute atomic E-state index is 0.570. The standard InChI is InChI=1S/C7H6Cl2S/c8-5-10-7-3-1-2-6(9)4-7/h1-4H,5H2. The molecule has 0 saturated carbocycles. The molecule has 0 nitrogen and oxygen atoms in total. The van der Waals surface area contributed by atoms with Crippen molar-refractivity contribution in [2.75, 3.05) is 5.21 Å². The van der Waals surface area contributed by atoms with Crippen LogP contribution in [0, 0.1) is 0 Å². The second-order valence-electron chi connectivity index (χ2n) is 1.71. The van der Waals surface area contributed by atoms with E-state index in [1.165, 1.54) is 0 Å². The van der Waals surface area contributed by atoms with Gasteiger partial charge in [-0.05, 0) is 18.2 Å². The van der Waals surface area contributed by atoms with Crippen LogP contribution in [-0.2, 0) is 0 Å². The van der Waals surface area contributed by atoms with Crippen molar-refractivity contribution in [3.8, 4) is 0 Å². The van der Waals surface area contributed by atoms with Gasteiger partial charge in [0.15, 0.2) is 0 Å². The highest BCUT2D eigenvalue weighted by Gasteiger charge is 1.91. The lowest BCUT2D eigenvalue weighted by molar-refractivity contribution is 1.47. The Morgan fingerprint density at radius 1 is 1.40 bits per heavy atom. The molecule has 0 spiro atoms. The Kier molecular flexibility index (Phi) is 3.40. The average molecular weight is 193 g/mol. The largest absolute Gasteiger partial charge is 0.114 e. The quantitative estimate of drug-likeness (QED) is 0.510. The summed E-state index contributed by atoms with van der Waals surface area (Å²) in [7, 11) is 0. The summed E-state index contributed by atoms with van der Waals surface area (Å²) < 4.78 is 0. The van der Waals surface area contributed by atoms with Gasteiger partial charge in [-0.2, -0.15) is 0 Å². The number of hydrogen-bond acceptors (Lipinski definition) is 1. The molecule has 3 heteroatoms. The van der Waals surface area contributed by atoms with Crippen LogP contribution in [0.1, 0.15) is 0 Å². The van der Waals surface area contributed by atoms with Crippen molar-refractivity contribution in [3.63, 3.8) is 0 Å². The van der Waals surface area contributed by atoms with Crippen LogP contribution in [-0.4, -0.2) is 5.21 Å². The van der Waals surface area contributed by atoms with Crippen LogP contribution in [0.4, 0.5) is 0 Å². The van der Waals surface area contributed by atoms with Crippen LogP contribution in [0.3, 0.4) is 0 Å². The Labute approximate surface area is 74.5 Å². The number of thioether (sulfide) groups is 1. The molecule has 0 radical (unpaired) electrons. The molecule has 54 valence electrons. The molecule has 0 heterocycles. The zero-order valence-electron chi connectivity index (χ0n) is 5.18. The SMILES string of the molecule is ClCSc1cccc(Cl)c1. The van der Waals surface area contributed by atoms with E-state index in [0.29, 0.717) is 5.21 Å². The maximum Gasteiger partial charge on any atom is 0.0727 e. The van der Waals surface area contributed by atoms with E-state index in [1.54, 1.807) is 11.8 Å². The van der Waals surface area contributed by atoms with Gasteiger partial charge in [0.1, 0.15) is 0 Å². The number of halogens is 2. The monoisotopic (exact) mass is 192 g/mol. The van der Waals surface area contributed by atoms with Crippen LogP contribution in [0.5, 0.6) is 0 Å². The fourth-order valence-electron chi connectivity index (χ4n) is 0.620. The zero-order valence-corrected chi connectivity index (χ0v) is 7.51. The summed E-state index contributed by atoms with van der Waals surface area (Å²) in [6, 6.07) is 7.64. The highest BCUT2D eigenvalue weighted by Crippen LogP contribution is 2.21. The van der Waals surface area contributed by atoms with Gasteiger partial charge in [0.2, 0.25) is 0 Å². The molecule has 0 N–H and O–H groups in total. The highest BCUT2D eigenvalue weighted by molar-refractivity contribution is 8.00. The maximum atomic E-state index is 5.72. The summed E-state index contributed by atoms with van der Waals surface area (Å²) >= 11 is 12.8. The number of benzene rings is 1. The second kappa shape index (κ2) is 4.12. The van der Waals surface area contributed by atoms with E-state index >= 15 is 0 Å². The molecule has 0 aliphatic heterocycles. The summed E-state index contributed by atoms with van der Waals surface area (Å²) in [6.45, 7) is 0. The second-order valence-corrected chi connectivity index (χ2v) is 3.78. The number of rotatable bonds is 2. The highest BCUT2D eigenvalue weighted by atomic mass is 35.5. The van der Waals surface area contributed by atoms with Crippen molar-refractivity contribution in [1.82, 2.24) is 0 Å². The molecule has 0 aromatic heterocycles. The van der Waals surface area contributed by atoms with Gasteiger partial charge in [-0.15, -0.1) is 23.4 Å². The smallest absolute Gasteiger partial charge is 0.0727 e. The zero-order chi connectivity index (χ0) is 7.40. The lowest BCUT2D eigenvalue weighted by Crippen LogP contribution is -1.69. The third-order valence-electron chi connectivity index (χ3n) is 1.02. The molecular formula is C7H6Cl2S. The molecule has 0 unspecified atom stereocenters. The van der Waals surface area contributed by atoms with Crippen molar-refractivity contribution >= 4 is 35.0 Å². The Hall–Kier alpha value is 0.150. The molecule has 0 atom stereocenters. The van der Waals surface area contributed by atoms with Crippen LogP contribution in [0.2, 0.25) is 5.02 Å². The molecular weight excluding hydrogens is 187 g/mol. The van der Waals surface area contributed by atoms with Crippen molar-refractivity contribution < 1.29 is 0 Å². The predicted octanol–water partition coefficient (Wildman–Crippen LogP) is 3.63. The van der Waals surface area contributed by atoms with Crippen LogP contribution < -0.4 is 0 Å². The summed E-state index contributed by atoms with van der Waals surface area (Å²) in [6.07, 6.45) is 0. The average Bonchev–Trinajstić information content (AvgIpc) is 1.88. The van der Waals surface area contributed by atoms with Crippen LogP contribution >= 0.6 is 35.0 Å². The molecule has 0 bridgehead atoms. The topological polar surface area (TPSA) is 0 Å². The summed E-state index contributed by atoms with van der Waals surface area (Å²) in [5.74, 6) is 0. The van der Waals surface area contributed by atoms with E-state index in [0.717, 1.165) is 9.92 Å². The van der Waals surface area contributed by atoms with Gasteiger partial charge in [-0.3, -0.25) is 0 Å². The van der Waals surface area contributed by atoms with Gasteiger partial charge in [-0.1, -0.05) is 17.7 Å². The van der Waals surface area contributed by atoms with Crippen LogP contribution in [0.15, 0.2) is 29.2 Å². The molecule has 1 aromatic carbocycles. The summed E-state index contributed by atoms with van der Waals surface area (Å²) in [4.78, 5) is 1.11. The van der Waals surface area contributed by atoms with Crippen molar-refractivity contribution in [2.45, 2.75) is 4.90 Å². The molecule has 1 aromatic rings. The van der Waals surface area contributed by atoms with E-state index in [4.69, 9.17) is 23.2 Å². The Balaban J connectivity index is 2.75. The van der Waals surface area contributed by atoms with E-state index in [1.807, 2.05) is 24.3 Å². The fourth-order valence-corrected chi connectivity index (χ4v) is 1.76. The third kappa shape index (κ3) is 2.41. The first-order chi connectivity index (χ1) is 4.83. The minimum Gasteiger partial charge on any atom is -0.114 e. The molecule has 0 fully saturated rings. The molecule has 10 heavy (non-hydrogen) atoms. The van der Waals surface area contributed by atoms with E-state index in [-0.39, 0.29) is 0 Å². The lowest BCUT2D eigenvalue weighted by Gasteiger charge is -1.95. The van der Waals surface area contributed by atoms with Gasteiger partial charge >= 0.3 is 0 Å². The maximum absolute atomic E-state index is 5.72. The van der Waals surface area contributed by atoms with Gasteiger partial charge in [0, 0.05) is 9.92 Å². The minimum atomic E-state index is 0.570. The van der Waals surface area contributed by atoms with Crippen LogP contribution in [0.25, 0.3) is 0 Å². The molecule has 0 amide bonds. The molecule has 0 saturated heterocycles. The fraction of sp³-hybridized carbons (Fsp3) is 0.143. The lowest BCUT2D eigenvalue weighted by atomic mass is 10.4. The van der Waals surface area contributed by atoms with Gasteiger partial charge in [-0.25, -0.2) is 0 Å². The predicted molar refractivity (Wildman–Crippen MR) is 48.0 cm³/mol. The Bertz CT molecular complexity index is 213. The third-order valence-corrected chi connectivity index (χ3v) is 2.28.